The number of fused-ring (bicyclic) bond motifs is 2. The molecular formula is C38H43FN10O4. The van der Waals surface area contributed by atoms with E-state index in [0.29, 0.717) is 6.54 Å². The third-order valence-electron chi connectivity index (χ3n) is 9.43. The number of nitrogens with one attached hydrogen (secondary N) is 1. The second kappa shape index (κ2) is 17.2. The van der Waals surface area contributed by atoms with E-state index < -0.39 is 10.7 Å². The molecule has 0 saturated carbocycles. The molecule has 0 unspecified atom stereocenters. The molecule has 0 radical (unpaired) electrons. The first kappa shape index (κ1) is 37.0. The first-order valence-corrected chi connectivity index (χ1v) is 17.5. The van der Waals surface area contributed by atoms with Gasteiger partial charge in [-0.2, -0.15) is 0 Å². The molecule has 2 aliphatic rings. The Labute approximate surface area is 306 Å². The maximum Gasteiger partial charge on any atom is 0.269 e. The van der Waals surface area contributed by atoms with Crippen LogP contribution >= 0.6 is 0 Å². The van der Waals surface area contributed by atoms with Crippen LogP contribution in [-0.2, 0) is 13.1 Å². The fraction of sp³-hybridized carbons (Fsp3) is 0.316. The molecule has 0 bridgehead atoms. The number of likely N-dealkylation sites (N-methyl/N-ethyl adjacent to an activating group) is 2. The summed E-state index contributed by atoms with van der Waals surface area (Å²) in [6.45, 7) is 9.33. The molecule has 8 rings (SSSR count). The van der Waals surface area contributed by atoms with Crippen LogP contribution in [0.4, 0.5) is 21.5 Å². The van der Waals surface area contributed by atoms with E-state index in [1.165, 1.54) is 19.2 Å². The number of benzene rings is 4. The number of rotatable bonds is 7. The Kier molecular flexibility index (Phi) is 12.0. The van der Waals surface area contributed by atoms with Crippen molar-refractivity contribution >= 4 is 39.1 Å². The van der Waals surface area contributed by atoms with E-state index in [-0.39, 0.29) is 28.4 Å². The molecule has 2 fully saturated rings. The van der Waals surface area contributed by atoms with Crippen LogP contribution in [0.15, 0.2) is 97.6 Å². The number of anilines is 1. The molecule has 6 aromatic rings. The fourth-order valence-corrected chi connectivity index (χ4v) is 6.38. The van der Waals surface area contributed by atoms with Crippen molar-refractivity contribution in [3.63, 3.8) is 0 Å². The van der Waals surface area contributed by atoms with Gasteiger partial charge < -0.3 is 29.2 Å². The number of nitro groups is 2. The molecule has 0 aliphatic carbocycles. The molecule has 2 aromatic heterocycles. The molecular weight excluding hydrogens is 679 g/mol. The maximum atomic E-state index is 13.8. The van der Waals surface area contributed by atoms with Crippen LogP contribution < -0.4 is 10.2 Å². The highest BCUT2D eigenvalue weighted by atomic mass is 19.1. The standard InChI is InChI=1S/C19H21N5O2.C14H10FN3O2.C5H12N2/c1-21-8-10-22(11-9-21)18-7-6-16(24(25)26)12-15(18)13-23-14-20-17-4-2-3-5-19(17)23;15-12-6-5-11(18(19)20)7-10(12)8-17-9-16-13-3-1-2-4-14(13)17;1-7-4-2-6-3-5-7/h2-7,12,14H,8-11,13H2,1H3;1-7,9H,8H2;6H,2-5H2,1H3. The lowest BCUT2D eigenvalue weighted by atomic mass is 10.1. The second-order valence-electron chi connectivity index (χ2n) is 13.2. The van der Waals surface area contributed by atoms with Gasteiger partial charge in [-0.3, -0.25) is 20.2 Å². The number of piperazine rings is 2. The zero-order valence-electron chi connectivity index (χ0n) is 29.8. The van der Waals surface area contributed by atoms with Crippen LogP contribution in [0, 0.1) is 26.0 Å². The highest BCUT2D eigenvalue weighted by Crippen LogP contribution is 2.28. The van der Waals surface area contributed by atoms with E-state index in [0.717, 1.165) is 84.7 Å². The van der Waals surface area contributed by atoms with Gasteiger partial charge in [0.05, 0.1) is 57.7 Å². The minimum absolute atomic E-state index is 0.120. The average molecular weight is 723 g/mol. The predicted molar refractivity (Wildman–Crippen MR) is 204 cm³/mol. The second-order valence-corrected chi connectivity index (χ2v) is 13.2. The predicted octanol–water partition coefficient (Wildman–Crippen LogP) is 5.40. The molecule has 14 nitrogen and oxygen atoms in total. The summed E-state index contributed by atoms with van der Waals surface area (Å²) >= 11 is 0. The van der Waals surface area contributed by atoms with Crippen molar-refractivity contribution in [3.8, 4) is 0 Å². The Morgan fingerprint density at radius 1 is 0.660 bits per heavy atom. The molecule has 4 aromatic carbocycles. The van der Waals surface area contributed by atoms with Gasteiger partial charge in [-0.15, -0.1) is 0 Å². The number of nitro benzene ring substituents is 2. The minimum atomic E-state index is -0.533. The fourth-order valence-electron chi connectivity index (χ4n) is 6.38. The lowest BCUT2D eigenvalue weighted by Crippen LogP contribution is -2.44. The van der Waals surface area contributed by atoms with E-state index >= 15 is 0 Å². The zero-order chi connectivity index (χ0) is 37.3. The topological polar surface area (TPSA) is 144 Å². The monoisotopic (exact) mass is 722 g/mol. The molecule has 1 N–H and O–H groups in total. The number of imidazole rings is 2. The molecule has 0 spiro atoms. The summed E-state index contributed by atoms with van der Waals surface area (Å²) in [6, 6.07) is 24.1. The van der Waals surface area contributed by atoms with Crippen molar-refractivity contribution in [1.29, 1.82) is 0 Å². The van der Waals surface area contributed by atoms with Gasteiger partial charge in [0.2, 0.25) is 0 Å². The van der Waals surface area contributed by atoms with Gasteiger partial charge in [-0.25, -0.2) is 14.4 Å². The van der Waals surface area contributed by atoms with Crippen molar-refractivity contribution in [2.24, 2.45) is 0 Å². The number of halogens is 1. The summed E-state index contributed by atoms with van der Waals surface area (Å²) in [4.78, 5) is 36.7. The zero-order valence-corrected chi connectivity index (χ0v) is 29.8. The Bertz CT molecular complexity index is 2170. The molecule has 276 valence electrons. The average Bonchev–Trinajstić information content (AvgIpc) is 3.77. The van der Waals surface area contributed by atoms with Gasteiger partial charge in [0.15, 0.2) is 0 Å². The quantitative estimate of drug-likeness (QED) is 0.168. The van der Waals surface area contributed by atoms with Gasteiger partial charge in [-0.05, 0) is 50.5 Å². The normalized spacial score (nSPS) is 15.0. The number of aromatic nitrogens is 4. The van der Waals surface area contributed by atoms with Crippen LogP contribution in [-0.4, -0.2) is 105 Å². The lowest BCUT2D eigenvalue weighted by molar-refractivity contribution is -0.385. The Morgan fingerprint density at radius 3 is 1.68 bits per heavy atom. The summed E-state index contributed by atoms with van der Waals surface area (Å²) in [7, 11) is 4.27. The molecule has 2 saturated heterocycles. The van der Waals surface area contributed by atoms with Crippen LogP contribution in [0.1, 0.15) is 11.1 Å². The summed E-state index contributed by atoms with van der Waals surface area (Å²) in [6.07, 6.45) is 3.40. The van der Waals surface area contributed by atoms with Gasteiger partial charge in [0.1, 0.15) is 5.82 Å². The van der Waals surface area contributed by atoms with Crippen LogP contribution in [0.25, 0.3) is 22.1 Å². The van der Waals surface area contributed by atoms with E-state index in [2.05, 4.69) is 44.1 Å². The number of non-ortho nitro benzene ring substituents is 2. The smallest absolute Gasteiger partial charge is 0.269 e. The van der Waals surface area contributed by atoms with Gasteiger partial charge >= 0.3 is 0 Å². The largest absolute Gasteiger partial charge is 0.369 e. The Hall–Kier alpha value is -5.77. The van der Waals surface area contributed by atoms with E-state index in [4.69, 9.17) is 0 Å². The van der Waals surface area contributed by atoms with E-state index in [1.54, 1.807) is 29.4 Å². The summed E-state index contributed by atoms with van der Waals surface area (Å²) in [5.74, 6) is -0.464. The van der Waals surface area contributed by atoms with E-state index in [9.17, 15) is 24.6 Å². The number of nitrogens with zero attached hydrogens (tertiary/aromatic N) is 9. The van der Waals surface area contributed by atoms with Crippen molar-refractivity contribution in [2.45, 2.75) is 13.1 Å². The summed E-state index contributed by atoms with van der Waals surface area (Å²) < 4.78 is 17.6. The van der Waals surface area contributed by atoms with Gasteiger partial charge in [0.25, 0.3) is 11.4 Å². The first-order valence-electron chi connectivity index (χ1n) is 17.5. The van der Waals surface area contributed by atoms with Crippen molar-refractivity contribution in [1.82, 2.24) is 34.2 Å². The first-order chi connectivity index (χ1) is 25.7. The van der Waals surface area contributed by atoms with E-state index in [1.807, 2.05) is 59.2 Å². The molecule has 0 atom stereocenters. The SMILES string of the molecule is CN1CCN(c2ccc([N+](=O)[O-])cc2Cn2cnc3ccccc32)CC1.CN1CCNCC1.O=[N+]([O-])c1ccc(F)c(Cn2cnc3ccccc32)c1. The summed E-state index contributed by atoms with van der Waals surface area (Å²) in [5.41, 5.74) is 5.92. The minimum Gasteiger partial charge on any atom is -0.369 e. The number of hydrogen-bond acceptors (Lipinski definition) is 10. The molecule has 0 amide bonds. The van der Waals surface area contributed by atoms with Crippen LogP contribution in [0.3, 0.4) is 0 Å². The van der Waals surface area contributed by atoms with Crippen molar-refractivity contribution in [2.75, 3.05) is 71.4 Å². The lowest BCUT2D eigenvalue weighted by Gasteiger charge is -2.35. The van der Waals surface area contributed by atoms with Crippen LogP contribution in [0.5, 0.6) is 0 Å². The molecule has 15 heteroatoms. The van der Waals surface area contributed by atoms with Gasteiger partial charge in [-0.1, -0.05) is 24.3 Å². The Balaban J connectivity index is 0.000000157. The van der Waals surface area contributed by atoms with Gasteiger partial charge in [0, 0.05) is 93.4 Å². The van der Waals surface area contributed by atoms with Crippen molar-refractivity contribution in [3.05, 3.63) is 135 Å². The maximum absolute atomic E-state index is 13.8. The Morgan fingerprint density at radius 2 is 1.15 bits per heavy atom. The number of para-hydroxylation sites is 4. The summed E-state index contributed by atoms with van der Waals surface area (Å²) in [5, 5.41) is 25.3. The number of hydrogen-bond donors (Lipinski definition) is 1. The third kappa shape index (κ3) is 9.37. The molecule has 2 aliphatic heterocycles. The molecule has 4 heterocycles. The van der Waals surface area contributed by atoms with Crippen LogP contribution in [0.2, 0.25) is 0 Å². The highest BCUT2D eigenvalue weighted by Gasteiger charge is 2.20. The van der Waals surface area contributed by atoms with Crippen molar-refractivity contribution < 1.29 is 14.2 Å². The third-order valence-corrected chi connectivity index (χ3v) is 9.43. The highest BCUT2D eigenvalue weighted by molar-refractivity contribution is 5.76. The molecule has 53 heavy (non-hydrogen) atoms.